The number of pyridine rings is 1. The molecule has 2 aromatic carbocycles. The van der Waals surface area contributed by atoms with E-state index >= 15 is 0 Å². The molecule has 0 aliphatic carbocycles. The third-order valence-corrected chi connectivity index (χ3v) is 6.56. The van der Waals surface area contributed by atoms with Crippen molar-refractivity contribution in [1.82, 2.24) is 9.71 Å². The Morgan fingerprint density at radius 3 is 2.45 bits per heavy atom. The van der Waals surface area contributed by atoms with Crippen LogP contribution in [-0.4, -0.2) is 39.1 Å². The first-order valence-electron chi connectivity index (χ1n) is 10.4. The molecule has 1 N–H and O–H groups in total. The highest BCUT2D eigenvalue weighted by Gasteiger charge is 2.19. The van der Waals surface area contributed by atoms with Crippen molar-refractivity contribution in [2.45, 2.75) is 24.2 Å². The van der Waals surface area contributed by atoms with Crippen LogP contribution in [0.4, 0.5) is 0 Å². The molecule has 33 heavy (non-hydrogen) atoms. The topological polar surface area (TPSA) is 94.6 Å². The predicted octanol–water partition coefficient (Wildman–Crippen LogP) is 3.98. The zero-order valence-electron chi connectivity index (χ0n) is 18.1. The standard InChI is InChI=1S/C24H25ClN2O5S/c1-2-31-24(28)17-32-22-9-5-18(6-10-22)14-20(19-4-3-13-26-15-19)16-27-33(29,30)23-11-7-21(25)8-12-23/h3-13,15,20,27H,2,14,16-17H2,1H3. The lowest BCUT2D eigenvalue weighted by atomic mass is 9.93. The summed E-state index contributed by atoms with van der Waals surface area (Å²) in [7, 11) is -3.69. The Morgan fingerprint density at radius 1 is 1.09 bits per heavy atom. The van der Waals surface area contributed by atoms with E-state index in [1.807, 2.05) is 24.3 Å². The molecule has 3 aromatic rings. The summed E-state index contributed by atoms with van der Waals surface area (Å²) in [6.45, 7) is 2.08. The molecule has 3 rings (SSSR count). The smallest absolute Gasteiger partial charge is 0.344 e. The second kappa shape index (κ2) is 11.8. The number of hydrogen-bond acceptors (Lipinski definition) is 6. The molecule has 0 bridgehead atoms. The predicted molar refractivity (Wildman–Crippen MR) is 126 cm³/mol. The van der Waals surface area contributed by atoms with Crippen molar-refractivity contribution in [3.05, 3.63) is 89.2 Å². The monoisotopic (exact) mass is 488 g/mol. The largest absolute Gasteiger partial charge is 0.482 e. The Balaban J connectivity index is 1.69. The van der Waals surface area contributed by atoms with Gasteiger partial charge in [0.05, 0.1) is 11.5 Å². The summed E-state index contributed by atoms with van der Waals surface area (Å²) in [6, 6.07) is 17.1. The van der Waals surface area contributed by atoms with Gasteiger partial charge >= 0.3 is 5.97 Å². The van der Waals surface area contributed by atoms with E-state index in [1.54, 1.807) is 43.6 Å². The molecule has 0 radical (unpaired) electrons. The number of aromatic nitrogens is 1. The molecule has 1 aromatic heterocycles. The minimum Gasteiger partial charge on any atom is -0.482 e. The molecule has 1 heterocycles. The second-order valence-corrected chi connectivity index (χ2v) is 9.43. The first kappa shape index (κ1) is 24.7. The van der Waals surface area contributed by atoms with Crippen LogP contribution < -0.4 is 9.46 Å². The maximum Gasteiger partial charge on any atom is 0.344 e. The average Bonchev–Trinajstić information content (AvgIpc) is 2.82. The van der Waals surface area contributed by atoms with Crippen LogP contribution >= 0.6 is 11.6 Å². The summed E-state index contributed by atoms with van der Waals surface area (Å²) < 4.78 is 38.4. The van der Waals surface area contributed by atoms with Crippen molar-refractivity contribution >= 4 is 27.6 Å². The lowest BCUT2D eigenvalue weighted by Gasteiger charge is -2.18. The fourth-order valence-corrected chi connectivity index (χ4v) is 4.39. The van der Waals surface area contributed by atoms with Gasteiger partial charge in [0.25, 0.3) is 0 Å². The molecule has 1 unspecified atom stereocenters. The van der Waals surface area contributed by atoms with Gasteiger partial charge in [-0.3, -0.25) is 4.98 Å². The van der Waals surface area contributed by atoms with Gasteiger partial charge < -0.3 is 9.47 Å². The second-order valence-electron chi connectivity index (χ2n) is 7.23. The van der Waals surface area contributed by atoms with Crippen LogP contribution in [0.3, 0.4) is 0 Å². The molecule has 174 valence electrons. The molecular formula is C24H25ClN2O5S. The molecule has 1 atom stereocenters. The average molecular weight is 489 g/mol. The van der Waals surface area contributed by atoms with E-state index < -0.39 is 16.0 Å². The molecular weight excluding hydrogens is 464 g/mol. The van der Waals surface area contributed by atoms with E-state index in [0.29, 0.717) is 23.8 Å². The molecule has 9 heteroatoms. The van der Waals surface area contributed by atoms with Gasteiger partial charge in [-0.25, -0.2) is 17.9 Å². The van der Waals surface area contributed by atoms with Gasteiger partial charge in [0.2, 0.25) is 10.0 Å². The number of nitrogens with one attached hydrogen (secondary N) is 1. The first-order valence-corrected chi connectivity index (χ1v) is 12.3. The summed E-state index contributed by atoms with van der Waals surface area (Å²) in [5.74, 6) is -0.0218. The molecule has 7 nitrogen and oxygen atoms in total. The number of carbonyl (C=O) groups is 1. The van der Waals surface area contributed by atoms with Crippen LogP contribution in [0.2, 0.25) is 5.02 Å². The van der Waals surface area contributed by atoms with Gasteiger partial charge in [-0.15, -0.1) is 0 Å². The van der Waals surface area contributed by atoms with Crippen molar-refractivity contribution in [3.8, 4) is 5.75 Å². The van der Waals surface area contributed by atoms with E-state index in [0.717, 1.165) is 11.1 Å². The molecule has 0 aliphatic rings. The lowest BCUT2D eigenvalue weighted by Crippen LogP contribution is -2.29. The van der Waals surface area contributed by atoms with E-state index in [4.69, 9.17) is 21.1 Å². The number of nitrogens with zero attached hydrogens (tertiary/aromatic N) is 1. The maximum atomic E-state index is 12.7. The van der Waals surface area contributed by atoms with Gasteiger partial charge in [-0.1, -0.05) is 29.8 Å². The third kappa shape index (κ3) is 7.56. The quantitative estimate of drug-likeness (QED) is 0.410. The Bertz CT molecular complexity index is 1140. The number of ether oxygens (including phenoxy) is 2. The van der Waals surface area contributed by atoms with Gasteiger partial charge in [0.15, 0.2) is 6.61 Å². The van der Waals surface area contributed by atoms with E-state index in [9.17, 15) is 13.2 Å². The summed E-state index contributed by atoms with van der Waals surface area (Å²) in [5, 5.41) is 0.469. The van der Waals surface area contributed by atoms with Crippen LogP contribution in [0.1, 0.15) is 24.0 Å². The zero-order valence-corrected chi connectivity index (χ0v) is 19.7. The summed E-state index contributed by atoms with van der Waals surface area (Å²) in [6.07, 6.45) is 3.99. The number of halogens is 1. The van der Waals surface area contributed by atoms with Gasteiger partial charge in [0, 0.05) is 29.9 Å². The highest BCUT2D eigenvalue weighted by atomic mass is 35.5. The molecule has 0 aliphatic heterocycles. The van der Waals surface area contributed by atoms with Crippen molar-refractivity contribution in [2.24, 2.45) is 0 Å². The fraction of sp³-hybridized carbons (Fsp3) is 0.250. The summed E-state index contributed by atoms with van der Waals surface area (Å²) in [5.41, 5.74) is 1.90. The number of esters is 1. The minimum atomic E-state index is -3.69. The van der Waals surface area contributed by atoms with E-state index in [-0.39, 0.29) is 24.0 Å². The van der Waals surface area contributed by atoms with E-state index in [2.05, 4.69) is 9.71 Å². The van der Waals surface area contributed by atoms with Crippen LogP contribution in [-0.2, 0) is 26.0 Å². The highest BCUT2D eigenvalue weighted by Crippen LogP contribution is 2.23. The van der Waals surface area contributed by atoms with Gasteiger partial charge in [0.1, 0.15) is 5.75 Å². The normalized spacial score (nSPS) is 12.2. The lowest BCUT2D eigenvalue weighted by molar-refractivity contribution is -0.145. The van der Waals surface area contributed by atoms with Crippen LogP contribution in [0.5, 0.6) is 5.75 Å². The number of carbonyl (C=O) groups excluding carboxylic acids is 1. The van der Waals surface area contributed by atoms with Crippen molar-refractivity contribution in [2.75, 3.05) is 19.8 Å². The molecule has 0 saturated carbocycles. The maximum absolute atomic E-state index is 12.7. The Labute approximate surface area is 198 Å². The van der Waals surface area contributed by atoms with Crippen LogP contribution in [0.25, 0.3) is 0 Å². The molecule has 0 spiro atoms. The highest BCUT2D eigenvalue weighted by molar-refractivity contribution is 7.89. The van der Waals surface area contributed by atoms with Crippen molar-refractivity contribution in [3.63, 3.8) is 0 Å². The van der Waals surface area contributed by atoms with E-state index in [1.165, 1.54) is 12.1 Å². The first-order chi connectivity index (χ1) is 15.9. The number of hydrogen-bond donors (Lipinski definition) is 1. The minimum absolute atomic E-state index is 0.146. The van der Waals surface area contributed by atoms with Gasteiger partial charge in [-0.2, -0.15) is 0 Å². The molecule has 0 saturated heterocycles. The van der Waals surface area contributed by atoms with Crippen molar-refractivity contribution < 1.29 is 22.7 Å². The summed E-state index contributed by atoms with van der Waals surface area (Å²) in [4.78, 5) is 15.8. The SMILES string of the molecule is CCOC(=O)COc1ccc(CC(CNS(=O)(=O)c2ccc(Cl)cc2)c2cccnc2)cc1. The fourth-order valence-electron chi connectivity index (χ4n) is 3.18. The Hall–Kier alpha value is -2.94. The Morgan fingerprint density at radius 2 is 1.82 bits per heavy atom. The zero-order chi connectivity index (χ0) is 23.7. The third-order valence-electron chi connectivity index (χ3n) is 4.87. The van der Waals surface area contributed by atoms with Crippen LogP contribution in [0, 0.1) is 0 Å². The Kier molecular flexibility index (Phi) is 8.82. The molecule has 0 fully saturated rings. The number of sulfonamides is 1. The molecule has 0 amide bonds. The van der Waals surface area contributed by atoms with Crippen LogP contribution in [0.15, 0.2) is 78.0 Å². The summed E-state index contributed by atoms with van der Waals surface area (Å²) >= 11 is 5.87. The van der Waals surface area contributed by atoms with Crippen molar-refractivity contribution in [1.29, 1.82) is 0 Å². The number of rotatable bonds is 11. The van der Waals surface area contributed by atoms with Gasteiger partial charge in [-0.05, 0) is 66.9 Å². The number of benzene rings is 2.